The number of oxazole rings is 1. The van der Waals surface area contributed by atoms with E-state index in [1.165, 1.54) is 11.3 Å². The molecule has 0 aliphatic carbocycles. The largest absolute Gasteiger partial charge is 0.436 e. The zero-order valence-electron chi connectivity index (χ0n) is 8.41. The minimum Gasteiger partial charge on any atom is -0.436 e. The first-order valence-electron chi connectivity index (χ1n) is 4.75. The molecule has 17 heavy (non-hydrogen) atoms. The zero-order valence-corrected chi connectivity index (χ0v) is 10.7. The van der Waals surface area contributed by atoms with Gasteiger partial charge in [0.2, 0.25) is 5.89 Å². The van der Waals surface area contributed by atoms with Crippen LogP contribution in [-0.4, -0.2) is 4.98 Å². The van der Waals surface area contributed by atoms with Crippen molar-refractivity contribution in [3.8, 4) is 11.5 Å². The molecule has 3 rings (SSSR count). The van der Waals surface area contributed by atoms with Crippen molar-refractivity contribution in [1.29, 1.82) is 0 Å². The quantitative estimate of drug-likeness (QED) is 0.672. The number of nitrogen functional groups attached to an aromatic ring is 1. The Morgan fingerprint density at radius 3 is 2.76 bits per heavy atom. The van der Waals surface area contributed by atoms with Crippen LogP contribution in [0.25, 0.3) is 22.6 Å². The lowest BCUT2D eigenvalue weighted by atomic mass is 10.3. The number of benzene rings is 1. The lowest BCUT2D eigenvalue weighted by molar-refractivity contribution is 0.620. The minimum atomic E-state index is 0.457. The van der Waals surface area contributed by atoms with Gasteiger partial charge in [0.15, 0.2) is 5.58 Å². The summed E-state index contributed by atoms with van der Waals surface area (Å²) in [6, 6.07) is 7.04. The Balaban J connectivity index is 2.21. The van der Waals surface area contributed by atoms with Gasteiger partial charge in [0.25, 0.3) is 0 Å². The molecule has 2 aromatic heterocycles. The predicted octanol–water partition coefficient (Wildman–Crippen LogP) is 4.45. The summed E-state index contributed by atoms with van der Waals surface area (Å²) in [5.41, 5.74) is 8.41. The third-order valence-electron chi connectivity index (χ3n) is 2.30. The van der Waals surface area contributed by atoms with Crippen molar-refractivity contribution >= 4 is 51.3 Å². The van der Waals surface area contributed by atoms with E-state index in [2.05, 4.69) is 4.98 Å². The standard InChI is InChI=1S/C11H6Cl2N2OS/c12-9-4-6(10(13)17-9)11-15-7-3-5(14)1-2-8(7)16-11/h1-4H,14H2. The molecular weight excluding hydrogens is 279 g/mol. The fourth-order valence-corrected chi connectivity index (χ4v) is 2.99. The summed E-state index contributed by atoms with van der Waals surface area (Å²) in [4.78, 5) is 4.33. The lowest BCUT2D eigenvalue weighted by Crippen LogP contribution is -1.82. The van der Waals surface area contributed by atoms with Crippen LogP contribution >= 0.6 is 34.5 Å². The van der Waals surface area contributed by atoms with Gasteiger partial charge in [-0.2, -0.15) is 0 Å². The number of aromatic nitrogens is 1. The van der Waals surface area contributed by atoms with Crippen molar-refractivity contribution in [2.45, 2.75) is 0 Å². The molecule has 0 fully saturated rings. The monoisotopic (exact) mass is 284 g/mol. The van der Waals surface area contributed by atoms with Gasteiger partial charge < -0.3 is 10.2 Å². The van der Waals surface area contributed by atoms with Crippen molar-refractivity contribution < 1.29 is 4.42 Å². The SMILES string of the molecule is Nc1ccc2oc(-c3cc(Cl)sc3Cl)nc2c1. The van der Waals surface area contributed by atoms with Crippen LogP contribution in [0.1, 0.15) is 0 Å². The second-order valence-electron chi connectivity index (χ2n) is 3.48. The second kappa shape index (κ2) is 3.91. The molecule has 0 spiro atoms. The summed E-state index contributed by atoms with van der Waals surface area (Å²) in [5.74, 6) is 0.457. The molecule has 0 aliphatic heterocycles. The van der Waals surface area contributed by atoms with Gasteiger partial charge in [0.1, 0.15) is 9.85 Å². The van der Waals surface area contributed by atoms with Crippen molar-refractivity contribution in [3.05, 3.63) is 32.9 Å². The third-order valence-corrected chi connectivity index (χ3v) is 3.79. The van der Waals surface area contributed by atoms with Gasteiger partial charge >= 0.3 is 0 Å². The molecule has 2 heterocycles. The number of fused-ring (bicyclic) bond motifs is 1. The maximum atomic E-state index is 6.05. The predicted molar refractivity (Wildman–Crippen MR) is 71.8 cm³/mol. The molecule has 0 aliphatic rings. The van der Waals surface area contributed by atoms with Crippen molar-refractivity contribution in [2.75, 3.05) is 5.73 Å². The number of halogens is 2. The van der Waals surface area contributed by atoms with Crippen LogP contribution in [0.4, 0.5) is 5.69 Å². The molecular formula is C11H6Cl2N2OS. The van der Waals surface area contributed by atoms with Crippen LogP contribution in [-0.2, 0) is 0 Å². The average molecular weight is 285 g/mol. The highest BCUT2D eigenvalue weighted by atomic mass is 35.5. The van der Waals surface area contributed by atoms with Gasteiger partial charge in [-0.1, -0.05) is 23.2 Å². The van der Waals surface area contributed by atoms with E-state index in [1.807, 2.05) is 0 Å². The lowest BCUT2D eigenvalue weighted by Gasteiger charge is -1.88. The summed E-state index contributed by atoms with van der Waals surface area (Å²) < 4.78 is 6.77. The van der Waals surface area contributed by atoms with Crippen molar-refractivity contribution in [2.24, 2.45) is 0 Å². The summed E-state index contributed by atoms with van der Waals surface area (Å²) in [7, 11) is 0. The summed E-state index contributed by atoms with van der Waals surface area (Å²) in [5, 5.41) is 0. The van der Waals surface area contributed by atoms with E-state index < -0.39 is 0 Å². The first kappa shape index (κ1) is 10.9. The van der Waals surface area contributed by atoms with Crippen molar-refractivity contribution in [1.82, 2.24) is 4.98 Å². The normalized spacial score (nSPS) is 11.2. The van der Waals surface area contributed by atoms with Gasteiger partial charge in [-0.15, -0.1) is 11.3 Å². The van der Waals surface area contributed by atoms with Gasteiger partial charge in [-0.25, -0.2) is 4.98 Å². The fraction of sp³-hybridized carbons (Fsp3) is 0. The molecule has 86 valence electrons. The fourth-order valence-electron chi connectivity index (χ4n) is 1.55. The number of rotatable bonds is 1. The van der Waals surface area contributed by atoms with Gasteiger partial charge in [0.05, 0.1) is 9.90 Å². The molecule has 6 heteroatoms. The van der Waals surface area contributed by atoms with Crippen LogP contribution in [0.5, 0.6) is 0 Å². The Morgan fingerprint density at radius 1 is 1.24 bits per heavy atom. The number of hydrogen-bond donors (Lipinski definition) is 1. The van der Waals surface area contributed by atoms with E-state index in [4.69, 9.17) is 33.4 Å². The van der Waals surface area contributed by atoms with E-state index in [0.29, 0.717) is 36.9 Å². The van der Waals surface area contributed by atoms with Crippen LogP contribution in [0, 0.1) is 0 Å². The maximum absolute atomic E-state index is 6.05. The van der Waals surface area contributed by atoms with Crippen molar-refractivity contribution in [3.63, 3.8) is 0 Å². The number of thiophene rings is 1. The van der Waals surface area contributed by atoms with E-state index >= 15 is 0 Å². The Kier molecular flexibility index (Phi) is 2.50. The highest BCUT2D eigenvalue weighted by Crippen LogP contribution is 2.38. The van der Waals surface area contributed by atoms with E-state index in [1.54, 1.807) is 24.3 Å². The molecule has 0 amide bonds. The molecule has 3 nitrogen and oxygen atoms in total. The maximum Gasteiger partial charge on any atom is 0.229 e. The van der Waals surface area contributed by atoms with E-state index in [9.17, 15) is 0 Å². The van der Waals surface area contributed by atoms with E-state index in [-0.39, 0.29) is 0 Å². The van der Waals surface area contributed by atoms with Gasteiger partial charge in [0, 0.05) is 5.69 Å². The number of anilines is 1. The highest BCUT2D eigenvalue weighted by Gasteiger charge is 2.14. The van der Waals surface area contributed by atoms with Crippen LogP contribution in [0.15, 0.2) is 28.7 Å². The summed E-state index contributed by atoms with van der Waals surface area (Å²) in [6.07, 6.45) is 0. The second-order valence-corrected chi connectivity index (χ2v) is 5.77. The van der Waals surface area contributed by atoms with E-state index in [0.717, 1.165) is 0 Å². The third kappa shape index (κ3) is 1.88. The summed E-state index contributed by atoms with van der Waals surface area (Å²) >= 11 is 13.2. The number of nitrogens with zero attached hydrogens (tertiary/aromatic N) is 1. The Bertz CT molecular complexity index is 705. The molecule has 0 saturated heterocycles. The van der Waals surface area contributed by atoms with Gasteiger partial charge in [-0.05, 0) is 24.3 Å². The zero-order chi connectivity index (χ0) is 12.0. The van der Waals surface area contributed by atoms with Crippen LogP contribution in [0.2, 0.25) is 8.67 Å². The topological polar surface area (TPSA) is 52.0 Å². The first-order chi connectivity index (χ1) is 8.13. The Morgan fingerprint density at radius 2 is 2.06 bits per heavy atom. The molecule has 1 aromatic carbocycles. The highest BCUT2D eigenvalue weighted by molar-refractivity contribution is 7.20. The molecule has 0 radical (unpaired) electrons. The molecule has 0 saturated carbocycles. The van der Waals surface area contributed by atoms with Gasteiger partial charge in [-0.3, -0.25) is 0 Å². The molecule has 0 unspecified atom stereocenters. The number of hydrogen-bond acceptors (Lipinski definition) is 4. The molecule has 3 aromatic rings. The first-order valence-corrected chi connectivity index (χ1v) is 6.32. The molecule has 2 N–H and O–H groups in total. The van der Waals surface area contributed by atoms with Crippen LogP contribution in [0.3, 0.4) is 0 Å². The van der Waals surface area contributed by atoms with Crippen LogP contribution < -0.4 is 5.73 Å². The summed E-state index contributed by atoms with van der Waals surface area (Å²) in [6.45, 7) is 0. The smallest absolute Gasteiger partial charge is 0.229 e. The number of nitrogens with two attached hydrogens (primary N) is 1. The Hall–Kier alpha value is -1.23. The molecule has 0 atom stereocenters. The minimum absolute atomic E-state index is 0.457. The molecule has 0 bridgehead atoms. The average Bonchev–Trinajstić information content (AvgIpc) is 2.80. The Labute approximate surface area is 111 Å².